The largest absolute Gasteiger partial charge is 0.478 e. The number of rotatable bonds is 6. The van der Waals surface area contributed by atoms with Crippen LogP contribution in [-0.2, 0) is 16.1 Å². The highest BCUT2D eigenvalue weighted by Crippen LogP contribution is 2.25. The minimum atomic E-state index is -1.06. The van der Waals surface area contributed by atoms with E-state index in [0.29, 0.717) is 18.1 Å². The molecule has 8 heteroatoms. The summed E-state index contributed by atoms with van der Waals surface area (Å²) < 4.78 is 5.64. The van der Waals surface area contributed by atoms with Gasteiger partial charge in [0.15, 0.2) is 5.82 Å². The van der Waals surface area contributed by atoms with Gasteiger partial charge in [-0.25, -0.2) is 14.6 Å². The van der Waals surface area contributed by atoms with Gasteiger partial charge < -0.3 is 9.84 Å². The molecule has 1 atom stereocenters. The average Bonchev–Trinajstić information content (AvgIpc) is 3.14. The van der Waals surface area contributed by atoms with Crippen LogP contribution in [0.2, 0.25) is 0 Å². The predicted molar refractivity (Wildman–Crippen MR) is 118 cm³/mol. The van der Waals surface area contributed by atoms with Crippen LogP contribution in [0.3, 0.4) is 0 Å². The van der Waals surface area contributed by atoms with Crippen LogP contribution in [0.1, 0.15) is 38.4 Å². The molecule has 1 aromatic heterocycles. The summed E-state index contributed by atoms with van der Waals surface area (Å²) in [5.74, 6) is -0.681. The molecule has 0 spiro atoms. The van der Waals surface area contributed by atoms with E-state index in [-0.39, 0.29) is 6.04 Å². The van der Waals surface area contributed by atoms with Crippen LogP contribution in [0.25, 0.3) is 6.08 Å². The van der Waals surface area contributed by atoms with Gasteiger partial charge in [-0.15, -0.1) is 0 Å². The zero-order chi connectivity index (χ0) is 22.4. The van der Waals surface area contributed by atoms with E-state index < -0.39 is 17.7 Å². The number of carboxylic acid groups (broad SMARTS) is 1. The number of amides is 1. The summed E-state index contributed by atoms with van der Waals surface area (Å²) in [4.78, 5) is 36.2. The zero-order valence-electron chi connectivity index (χ0n) is 18.1. The third-order valence-electron chi connectivity index (χ3n) is 4.75. The molecule has 31 heavy (non-hydrogen) atoms. The summed E-state index contributed by atoms with van der Waals surface area (Å²) in [7, 11) is 0. The highest BCUT2D eigenvalue weighted by Gasteiger charge is 2.35. The third kappa shape index (κ3) is 6.62. The van der Waals surface area contributed by atoms with Gasteiger partial charge in [0.25, 0.3) is 0 Å². The Morgan fingerprint density at radius 1 is 1.23 bits per heavy atom. The van der Waals surface area contributed by atoms with E-state index in [4.69, 9.17) is 9.84 Å². The molecule has 0 radical (unpaired) electrons. The van der Waals surface area contributed by atoms with Crippen molar-refractivity contribution in [3.05, 3.63) is 60.1 Å². The van der Waals surface area contributed by atoms with Crippen LogP contribution in [-0.4, -0.2) is 56.8 Å². The van der Waals surface area contributed by atoms with Crippen LogP contribution < -0.4 is 4.90 Å². The van der Waals surface area contributed by atoms with Gasteiger partial charge in [0, 0.05) is 25.7 Å². The van der Waals surface area contributed by atoms with Crippen molar-refractivity contribution < 1.29 is 19.4 Å². The standard InChI is InChI=1S/C23H28N4O4/c1-23(2,3)31-22(30)27(20-14-24-18(13-25-20)9-10-21(28)29)19-11-12-26(16-19)15-17-7-5-4-6-8-17/h4-10,13-14,19H,11-12,15-16H2,1-3H3,(H,28,29)/b10-9+/t19-/m1/s1. The average molecular weight is 425 g/mol. The van der Waals surface area contributed by atoms with E-state index in [1.54, 1.807) is 4.90 Å². The number of aromatic nitrogens is 2. The van der Waals surface area contributed by atoms with Crippen molar-refractivity contribution in [1.29, 1.82) is 0 Å². The molecule has 2 heterocycles. The molecule has 1 aromatic carbocycles. The molecule has 3 rings (SSSR count). The molecular weight excluding hydrogens is 396 g/mol. The van der Waals surface area contributed by atoms with Crippen molar-refractivity contribution in [1.82, 2.24) is 14.9 Å². The lowest BCUT2D eigenvalue weighted by atomic mass is 10.2. The fraction of sp³-hybridized carbons (Fsp3) is 0.391. The lowest BCUT2D eigenvalue weighted by Gasteiger charge is -2.30. The molecule has 1 aliphatic heterocycles. The Balaban J connectivity index is 1.78. The normalized spacial score (nSPS) is 17.1. The fourth-order valence-corrected chi connectivity index (χ4v) is 3.45. The first-order chi connectivity index (χ1) is 14.7. The second-order valence-corrected chi connectivity index (χ2v) is 8.48. The maximum atomic E-state index is 13.0. The van der Waals surface area contributed by atoms with Crippen molar-refractivity contribution in [3.8, 4) is 0 Å². The minimum Gasteiger partial charge on any atom is -0.478 e. The van der Waals surface area contributed by atoms with Gasteiger partial charge in [0.1, 0.15) is 5.60 Å². The van der Waals surface area contributed by atoms with Gasteiger partial charge in [-0.3, -0.25) is 14.8 Å². The summed E-state index contributed by atoms with van der Waals surface area (Å²) in [6.07, 6.45) is 5.59. The quantitative estimate of drug-likeness (QED) is 0.708. The van der Waals surface area contributed by atoms with Crippen LogP contribution in [0.4, 0.5) is 10.6 Å². The van der Waals surface area contributed by atoms with E-state index in [9.17, 15) is 9.59 Å². The third-order valence-corrected chi connectivity index (χ3v) is 4.75. The maximum Gasteiger partial charge on any atom is 0.416 e. The summed E-state index contributed by atoms with van der Waals surface area (Å²) in [6, 6.07) is 10.1. The summed E-state index contributed by atoms with van der Waals surface area (Å²) in [5.41, 5.74) is 0.976. The van der Waals surface area contributed by atoms with E-state index in [2.05, 4.69) is 27.0 Å². The van der Waals surface area contributed by atoms with Gasteiger partial charge in [-0.05, 0) is 38.8 Å². The maximum absolute atomic E-state index is 13.0. The Kier molecular flexibility index (Phi) is 7.02. The molecule has 0 aliphatic carbocycles. The van der Waals surface area contributed by atoms with Gasteiger partial charge in [-0.1, -0.05) is 30.3 Å². The molecule has 1 amide bonds. The van der Waals surface area contributed by atoms with E-state index in [1.807, 2.05) is 39.0 Å². The number of anilines is 1. The van der Waals surface area contributed by atoms with Crippen molar-refractivity contribution in [2.45, 2.75) is 45.4 Å². The monoisotopic (exact) mass is 424 g/mol. The number of aliphatic carboxylic acids is 1. The Bertz CT molecular complexity index is 923. The molecule has 164 valence electrons. The number of carbonyl (C=O) groups is 2. The summed E-state index contributed by atoms with van der Waals surface area (Å²) >= 11 is 0. The van der Waals surface area contributed by atoms with Crippen molar-refractivity contribution in [3.63, 3.8) is 0 Å². The van der Waals surface area contributed by atoms with Crippen molar-refractivity contribution >= 4 is 24.0 Å². The highest BCUT2D eigenvalue weighted by atomic mass is 16.6. The number of carboxylic acids is 1. The van der Waals surface area contributed by atoms with E-state index >= 15 is 0 Å². The minimum absolute atomic E-state index is 0.103. The van der Waals surface area contributed by atoms with Crippen LogP contribution in [0.15, 0.2) is 48.8 Å². The number of carbonyl (C=O) groups excluding carboxylic acids is 1. The van der Waals surface area contributed by atoms with E-state index in [0.717, 1.165) is 25.6 Å². The topological polar surface area (TPSA) is 95.9 Å². The molecule has 0 unspecified atom stereocenters. The number of hydrogen-bond acceptors (Lipinski definition) is 6. The Labute approximate surface area is 182 Å². The molecule has 0 bridgehead atoms. The lowest BCUT2D eigenvalue weighted by Crippen LogP contribution is -2.45. The lowest BCUT2D eigenvalue weighted by molar-refractivity contribution is -0.131. The molecule has 1 aliphatic rings. The fourth-order valence-electron chi connectivity index (χ4n) is 3.45. The second-order valence-electron chi connectivity index (χ2n) is 8.48. The Morgan fingerprint density at radius 2 is 1.97 bits per heavy atom. The number of nitrogens with zero attached hydrogens (tertiary/aromatic N) is 4. The molecule has 0 saturated carbocycles. The Hall–Kier alpha value is -3.26. The van der Waals surface area contributed by atoms with Crippen LogP contribution in [0, 0.1) is 0 Å². The first kappa shape index (κ1) is 22.4. The number of hydrogen-bond donors (Lipinski definition) is 1. The molecular formula is C23H28N4O4. The first-order valence-corrected chi connectivity index (χ1v) is 10.2. The zero-order valence-corrected chi connectivity index (χ0v) is 18.1. The first-order valence-electron chi connectivity index (χ1n) is 10.2. The van der Waals surface area contributed by atoms with Gasteiger partial charge in [0.2, 0.25) is 0 Å². The van der Waals surface area contributed by atoms with Crippen molar-refractivity contribution in [2.24, 2.45) is 0 Å². The smallest absolute Gasteiger partial charge is 0.416 e. The molecule has 1 saturated heterocycles. The number of benzene rings is 1. The van der Waals surface area contributed by atoms with Gasteiger partial charge >= 0.3 is 12.1 Å². The highest BCUT2D eigenvalue weighted by molar-refractivity contribution is 5.87. The molecule has 2 aromatic rings. The number of ether oxygens (including phenoxy) is 1. The Morgan fingerprint density at radius 3 is 2.58 bits per heavy atom. The van der Waals surface area contributed by atoms with E-state index in [1.165, 1.54) is 24.0 Å². The number of likely N-dealkylation sites (tertiary alicyclic amines) is 1. The SMILES string of the molecule is CC(C)(C)OC(=O)N(c1cnc(/C=C/C(=O)O)cn1)[C@@H]1CCN(Cc2ccccc2)C1. The van der Waals surface area contributed by atoms with Crippen LogP contribution >= 0.6 is 0 Å². The predicted octanol–water partition coefficient (Wildman–Crippen LogP) is 3.59. The van der Waals surface area contributed by atoms with Crippen LogP contribution in [0.5, 0.6) is 0 Å². The molecule has 1 N–H and O–H groups in total. The molecule has 1 fully saturated rings. The van der Waals surface area contributed by atoms with Crippen molar-refractivity contribution in [2.75, 3.05) is 18.0 Å². The summed E-state index contributed by atoms with van der Waals surface area (Å²) in [5, 5.41) is 8.76. The summed E-state index contributed by atoms with van der Waals surface area (Å²) in [6.45, 7) is 7.83. The second kappa shape index (κ2) is 9.70. The van der Waals surface area contributed by atoms with Gasteiger partial charge in [0.05, 0.1) is 24.1 Å². The van der Waals surface area contributed by atoms with Gasteiger partial charge in [-0.2, -0.15) is 0 Å². The molecule has 8 nitrogen and oxygen atoms in total.